The molecule has 0 aliphatic heterocycles. The molecule has 0 fully saturated rings. The summed E-state index contributed by atoms with van der Waals surface area (Å²) in [7, 11) is 4.65. The van der Waals surface area contributed by atoms with Crippen LogP contribution in [0.5, 0.6) is 23.0 Å². The molecule has 8 heteroatoms. The van der Waals surface area contributed by atoms with E-state index in [0.717, 1.165) is 16.7 Å². The van der Waals surface area contributed by atoms with Gasteiger partial charge in [-0.15, -0.1) is 0 Å². The average molecular weight is 381 g/mol. The van der Waals surface area contributed by atoms with Crippen LogP contribution < -0.4 is 18.9 Å². The predicted octanol–water partition coefficient (Wildman–Crippen LogP) is 3.82. The quantitative estimate of drug-likeness (QED) is 0.520. The molecule has 0 saturated heterocycles. The molecule has 4 rings (SSSR count). The van der Waals surface area contributed by atoms with Gasteiger partial charge in [0.25, 0.3) is 5.89 Å². The molecule has 0 amide bonds. The van der Waals surface area contributed by atoms with Crippen LogP contribution in [0.15, 0.2) is 47.1 Å². The molecule has 0 spiro atoms. The van der Waals surface area contributed by atoms with E-state index in [4.69, 9.17) is 23.5 Å². The third-order valence-electron chi connectivity index (χ3n) is 4.32. The molecule has 1 N–H and O–H groups in total. The standard InChI is InChI=1S/C20H19N3O5/c1-24-16-8-7-13(18(25-2)19(16)26-3)20-22-17(28-23-20)11-27-15-6-4-5-14-12(15)9-10-21-14/h4-10,21H,11H2,1-3H3. The highest BCUT2D eigenvalue weighted by Gasteiger charge is 2.21. The number of ether oxygens (including phenoxy) is 4. The molecule has 0 aliphatic rings. The van der Waals surface area contributed by atoms with Gasteiger partial charge in [-0.2, -0.15) is 4.98 Å². The maximum absolute atomic E-state index is 5.86. The number of nitrogens with zero attached hydrogens (tertiary/aromatic N) is 2. The van der Waals surface area contributed by atoms with Crippen LogP contribution in [0.4, 0.5) is 0 Å². The van der Waals surface area contributed by atoms with Gasteiger partial charge in [0.15, 0.2) is 18.1 Å². The summed E-state index contributed by atoms with van der Waals surface area (Å²) in [6.07, 6.45) is 1.87. The summed E-state index contributed by atoms with van der Waals surface area (Å²) in [5, 5.41) is 5.03. The van der Waals surface area contributed by atoms with Gasteiger partial charge in [-0.3, -0.25) is 0 Å². The fraction of sp³-hybridized carbons (Fsp3) is 0.200. The SMILES string of the molecule is COc1ccc(-c2noc(COc3cccc4[nH]ccc34)n2)c(OC)c1OC. The smallest absolute Gasteiger partial charge is 0.264 e. The lowest BCUT2D eigenvalue weighted by Crippen LogP contribution is -1.98. The van der Waals surface area contributed by atoms with Gasteiger partial charge in [-0.1, -0.05) is 11.2 Å². The van der Waals surface area contributed by atoms with Crippen LogP contribution in [0.1, 0.15) is 5.89 Å². The molecule has 8 nitrogen and oxygen atoms in total. The molecule has 0 unspecified atom stereocenters. The number of aromatic amines is 1. The second-order valence-corrected chi connectivity index (χ2v) is 5.88. The molecular formula is C20H19N3O5. The maximum Gasteiger partial charge on any atom is 0.264 e. The lowest BCUT2D eigenvalue weighted by atomic mass is 10.1. The number of nitrogens with one attached hydrogen (secondary N) is 1. The van der Waals surface area contributed by atoms with Crippen molar-refractivity contribution >= 4 is 10.9 Å². The van der Waals surface area contributed by atoms with Crippen molar-refractivity contribution in [1.82, 2.24) is 15.1 Å². The summed E-state index contributed by atoms with van der Waals surface area (Å²) in [6, 6.07) is 11.3. The van der Waals surface area contributed by atoms with Gasteiger partial charge in [0.2, 0.25) is 11.6 Å². The van der Waals surface area contributed by atoms with E-state index in [-0.39, 0.29) is 6.61 Å². The average Bonchev–Trinajstić information content (AvgIpc) is 3.40. The van der Waals surface area contributed by atoms with Gasteiger partial charge in [0.05, 0.1) is 26.9 Å². The zero-order valence-electron chi connectivity index (χ0n) is 15.7. The van der Waals surface area contributed by atoms with E-state index >= 15 is 0 Å². The van der Waals surface area contributed by atoms with E-state index in [1.807, 2.05) is 30.5 Å². The van der Waals surface area contributed by atoms with Gasteiger partial charge in [0.1, 0.15) is 5.75 Å². The molecule has 0 radical (unpaired) electrons. The van der Waals surface area contributed by atoms with Crippen LogP contribution >= 0.6 is 0 Å². The Morgan fingerprint density at radius 3 is 2.57 bits per heavy atom. The minimum absolute atomic E-state index is 0.146. The minimum atomic E-state index is 0.146. The fourth-order valence-electron chi connectivity index (χ4n) is 3.02. The van der Waals surface area contributed by atoms with E-state index in [9.17, 15) is 0 Å². The van der Waals surface area contributed by atoms with E-state index in [2.05, 4.69) is 15.1 Å². The Balaban J connectivity index is 1.59. The Labute approximate surface area is 161 Å². The van der Waals surface area contributed by atoms with Crippen LogP contribution in [0.25, 0.3) is 22.3 Å². The van der Waals surface area contributed by atoms with Crippen LogP contribution in [-0.4, -0.2) is 36.5 Å². The van der Waals surface area contributed by atoms with Gasteiger partial charge < -0.3 is 28.5 Å². The topological polar surface area (TPSA) is 91.6 Å². The van der Waals surface area contributed by atoms with Crippen LogP contribution in [-0.2, 0) is 6.61 Å². The highest BCUT2D eigenvalue weighted by Crippen LogP contribution is 2.43. The van der Waals surface area contributed by atoms with Crippen LogP contribution in [0, 0.1) is 0 Å². The second-order valence-electron chi connectivity index (χ2n) is 5.88. The summed E-state index contributed by atoms with van der Waals surface area (Å²) in [5.41, 5.74) is 1.63. The zero-order chi connectivity index (χ0) is 19.5. The molecule has 0 saturated carbocycles. The summed E-state index contributed by atoms with van der Waals surface area (Å²) in [4.78, 5) is 7.56. The number of methoxy groups -OCH3 is 3. The molecule has 144 valence electrons. The third kappa shape index (κ3) is 3.09. The first-order valence-corrected chi connectivity index (χ1v) is 8.56. The van der Waals surface area contributed by atoms with E-state index in [1.54, 1.807) is 33.5 Å². The van der Waals surface area contributed by atoms with Crippen LogP contribution in [0.2, 0.25) is 0 Å². The van der Waals surface area contributed by atoms with Crippen molar-refractivity contribution in [2.75, 3.05) is 21.3 Å². The first-order chi connectivity index (χ1) is 13.7. The number of fused-ring (bicyclic) bond motifs is 1. The Kier molecular flexibility index (Phi) is 4.76. The first-order valence-electron chi connectivity index (χ1n) is 8.56. The molecule has 0 bridgehead atoms. The Morgan fingerprint density at radius 1 is 0.929 bits per heavy atom. The number of hydrogen-bond donors (Lipinski definition) is 1. The summed E-state index contributed by atoms with van der Waals surface area (Å²) in [6.45, 7) is 0.146. The van der Waals surface area contributed by atoms with Crippen molar-refractivity contribution < 1.29 is 23.5 Å². The molecular weight excluding hydrogens is 362 g/mol. The monoisotopic (exact) mass is 381 g/mol. The molecule has 28 heavy (non-hydrogen) atoms. The molecule has 2 heterocycles. The largest absolute Gasteiger partial charge is 0.493 e. The lowest BCUT2D eigenvalue weighted by Gasteiger charge is -2.13. The van der Waals surface area contributed by atoms with Gasteiger partial charge >= 0.3 is 0 Å². The Hall–Kier alpha value is -3.68. The van der Waals surface area contributed by atoms with Crippen molar-refractivity contribution in [1.29, 1.82) is 0 Å². The molecule has 0 atom stereocenters. The second kappa shape index (κ2) is 7.51. The van der Waals surface area contributed by atoms with E-state index < -0.39 is 0 Å². The maximum atomic E-state index is 5.86. The number of H-pyrrole nitrogens is 1. The summed E-state index contributed by atoms with van der Waals surface area (Å²) in [5.74, 6) is 2.93. The van der Waals surface area contributed by atoms with Gasteiger partial charge in [-0.05, 0) is 30.3 Å². The predicted molar refractivity (Wildman–Crippen MR) is 102 cm³/mol. The van der Waals surface area contributed by atoms with Crippen molar-refractivity contribution in [2.24, 2.45) is 0 Å². The fourth-order valence-corrected chi connectivity index (χ4v) is 3.02. The van der Waals surface area contributed by atoms with Crippen molar-refractivity contribution in [3.8, 4) is 34.4 Å². The lowest BCUT2D eigenvalue weighted by molar-refractivity contribution is 0.245. The van der Waals surface area contributed by atoms with E-state index in [0.29, 0.717) is 34.5 Å². The van der Waals surface area contributed by atoms with Crippen molar-refractivity contribution in [3.63, 3.8) is 0 Å². The first kappa shape index (κ1) is 17.7. The minimum Gasteiger partial charge on any atom is -0.493 e. The Bertz CT molecular complexity index is 1100. The highest BCUT2D eigenvalue weighted by atomic mass is 16.5. The number of rotatable bonds is 7. The third-order valence-corrected chi connectivity index (χ3v) is 4.32. The van der Waals surface area contributed by atoms with E-state index in [1.165, 1.54) is 0 Å². The summed E-state index contributed by atoms with van der Waals surface area (Å²) < 4.78 is 27.4. The normalized spacial score (nSPS) is 10.8. The highest BCUT2D eigenvalue weighted by molar-refractivity contribution is 5.85. The number of aromatic nitrogens is 3. The molecule has 2 aromatic heterocycles. The molecule has 2 aromatic carbocycles. The Morgan fingerprint density at radius 2 is 1.79 bits per heavy atom. The zero-order valence-corrected chi connectivity index (χ0v) is 15.7. The number of benzene rings is 2. The van der Waals surface area contributed by atoms with Crippen molar-refractivity contribution in [2.45, 2.75) is 6.61 Å². The molecule has 0 aliphatic carbocycles. The summed E-state index contributed by atoms with van der Waals surface area (Å²) >= 11 is 0. The van der Waals surface area contributed by atoms with Gasteiger partial charge in [-0.25, -0.2) is 0 Å². The molecule has 4 aromatic rings. The number of hydrogen-bond acceptors (Lipinski definition) is 7. The van der Waals surface area contributed by atoms with Gasteiger partial charge in [0, 0.05) is 17.1 Å². The van der Waals surface area contributed by atoms with Crippen LogP contribution in [0.3, 0.4) is 0 Å². The van der Waals surface area contributed by atoms with Crippen molar-refractivity contribution in [3.05, 3.63) is 48.5 Å².